The van der Waals surface area contributed by atoms with Gasteiger partial charge in [-0.2, -0.15) is 0 Å². The molecule has 0 bridgehead atoms. The van der Waals surface area contributed by atoms with E-state index >= 15 is 0 Å². The van der Waals surface area contributed by atoms with Crippen LogP contribution < -0.4 is 5.73 Å². The second-order valence-electron chi connectivity index (χ2n) is 6.78. The van der Waals surface area contributed by atoms with Crippen molar-refractivity contribution in [1.29, 1.82) is 0 Å². The van der Waals surface area contributed by atoms with Gasteiger partial charge < -0.3 is 15.5 Å². The lowest BCUT2D eigenvalue weighted by atomic mass is 9.73. The number of nitrogens with two attached hydrogens (primary N) is 1. The van der Waals surface area contributed by atoms with E-state index in [1.54, 1.807) is 0 Å². The largest absolute Gasteiger partial charge is 0.326 e. The second kappa shape index (κ2) is 6.17. The summed E-state index contributed by atoms with van der Waals surface area (Å²) in [4.78, 5) is 4.73. The molecule has 0 aromatic heterocycles. The molecule has 1 fully saturated rings. The maximum absolute atomic E-state index is 6.28. The maximum Gasteiger partial charge on any atom is 0.0249 e. The minimum Gasteiger partial charge on any atom is -0.326 e. The molecule has 0 amide bonds. The van der Waals surface area contributed by atoms with E-state index in [-0.39, 0.29) is 0 Å². The standard InChI is InChI=1S/C14H31N3/c1-14(2)8-7-12(15)13(11-14)17(5)10-6-9-16(3)4/h12-13H,6-11,15H2,1-5H3. The summed E-state index contributed by atoms with van der Waals surface area (Å²) in [5.41, 5.74) is 6.75. The molecule has 0 aliphatic heterocycles. The molecule has 3 heteroatoms. The lowest BCUT2D eigenvalue weighted by Crippen LogP contribution is -2.51. The van der Waals surface area contributed by atoms with Crippen molar-refractivity contribution in [3.63, 3.8) is 0 Å². The minimum absolute atomic E-state index is 0.368. The topological polar surface area (TPSA) is 32.5 Å². The van der Waals surface area contributed by atoms with Gasteiger partial charge in [-0.1, -0.05) is 13.8 Å². The average Bonchev–Trinajstić information content (AvgIpc) is 2.21. The van der Waals surface area contributed by atoms with Crippen LogP contribution in [0.4, 0.5) is 0 Å². The zero-order valence-corrected chi connectivity index (χ0v) is 12.4. The van der Waals surface area contributed by atoms with Crippen molar-refractivity contribution in [2.24, 2.45) is 11.1 Å². The van der Waals surface area contributed by atoms with E-state index in [1.165, 1.54) is 25.7 Å². The molecule has 1 rings (SSSR count). The van der Waals surface area contributed by atoms with Crippen LogP contribution >= 0.6 is 0 Å². The van der Waals surface area contributed by atoms with E-state index in [1.807, 2.05) is 0 Å². The molecule has 0 aromatic carbocycles. The van der Waals surface area contributed by atoms with Gasteiger partial charge in [-0.05, 0) is 65.3 Å². The third-order valence-electron chi connectivity index (χ3n) is 4.09. The van der Waals surface area contributed by atoms with Crippen molar-refractivity contribution in [1.82, 2.24) is 9.80 Å². The predicted octanol–water partition coefficient (Wildman–Crippen LogP) is 1.78. The molecule has 2 atom stereocenters. The van der Waals surface area contributed by atoms with E-state index in [4.69, 9.17) is 5.73 Å². The third kappa shape index (κ3) is 4.94. The van der Waals surface area contributed by atoms with E-state index in [0.29, 0.717) is 17.5 Å². The molecule has 3 nitrogen and oxygen atoms in total. The summed E-state index contributed by atoms with van der Waals surface area (Å²) in [5, 5.41) is 0. The first kappa shape index (κ1) is 14.9. The molecule has 17 heavy (non-hydrogen) atoms. The SMILES string of the molecule is CN(C)CCCN(C)C1CC(C)(C)CCC1N. The van der Waals surface area contributed by atoms with E-state index in [9.17, 15) is 0 Å². The zero-order valence-electron chi connectivity index (χ0n) is 12.4. The molecule has 2 N–H and O–H groups in total. The summed E-state index contributed by atoms with van der Waals surface area (Å²) in [6.07, 6.45) is 4.92. The van der Waals surface area contributed by atoms with Gasteiger partial charge in [0.05, 0.1) is 0 Å². The van der Waals surface area contributed by atoms with Gasteiger partial charge in [0, 0.05) is 12.1 Å². The van der Waals surface area contributed by atoms with E-state index in [0.717, 1.165) is 13.1 Å². The van der Waals surface area contributed by atoms with Gasteiger partial charge in [-0.3, -0.25) is 0 Å². The molecule has 0 saturated heterocycles. The molecule has 1 saturated carbocycles. The van der Waals surface area contributed by atoms with Crippen LogP contribution in [0.5, 0.6) is 0 Å². The molecule has 0 radical (unpaired) electrons. The Balaban J connectivity index is 2.40. The lowest BCUT2D eigenvalue weighted by molar-refractivity contribution is 0.0940. The van der Waals surface area contributed by atoms with Crippen LogP contribution in [0.2, 0.25) is 0 Å². The Morgan fingerprint density at radius 1 is 1.18 bits per heavy atom. The summed E-state index contributed by atoms with van der Waals surface area (Å²) in [5.74, 6) is 0. The minimum atomic E-state index is 0.368. The summed E-state index contributed by atoms with van der Waals surface area (Å²) >= 11 is 0. The highest BCUT2D eigenvalue weighted by Crippen LogP contribution is 2.36. The fraction of sp³-hybridized carbons (Fsp3) is 1.00. The van der Waals surface area contributed by atoms with Gasteiger partial charge in [-0.25, -0.2) is 0 Å². The van der Waals surface area contributed by atoms with Crippen LogP contribution in [-0.2, 0) is 0 Å². The Labute approximate surface area is 107 Å². The molecule has 0 heterocycles. The van der Waals surface area contributed by atoms with Crippen molar-refractivity contribution >= 4 is 0 Å². The zero-order chi connectivity index (χ0) is 13.1. The summed E-state index contributed by atoms with van der Waals surface area (Å²) in [6, 6.07) is 0.938. The third-order valence-corrected chi connectivity index (χ3v) is 4.09. The van der Waals surface area contributed by atoms with E-state index < -0.39 is 0 Å². The normalized spacial score (nSPS) is 28.9. The van der Waals surface area contributed by atoms with Gasteiger partial charge in [0.1, 0.15) is 0 Å². The number of hydrogen-bond donors (Lipinski definition) is 1. The van der Waals surface area contributed by atoms with Crippen LogP contribution in [-0.4, -0.2) is 56.1 Å². The summed E-state index contributed by atoms with van der Waals surface area (Å²) < 4.78 is 0. The molecular formula is C14H31N3. The van der Waals surface area contributed by atoms with Crippen LogP contribution in [0, 0.1) is 5.41 Å². The Kier molecular flexibility index (Phi) is 5.42. The molecule has 1 aliphatic carbocycles. The highest BCUT2D eigenvalue weighted by molar-refractivity contribution is 4.92. The van der Waals surface area contributed by atoms with Crippen molar-refractivity contribution in [3.05, 3.63) is 0 Å². The average molecular weight is 241 g/mol. The van der Waals surface area contributed by atoms with Gasteiger partial charge in [0.25, 0.3) is 0 Å². The van der Waals surface area contributed by atoms with Crippen LogP contribution in [0.3, 0.4) is 0 Å². The highest BCUT2D eigenvalue weighted by Gasteiger charge is 2.34. The quantitative estimate of drug-likeness (QED) is 0.796. The highest BCUT2D eigenvalue weighted by atomic mass is 15.2. The van der Waals surface area contributed by atoms with Gasteiger partial charge in [-0.15, -0.1) is 0 Å². The van der Waals surface area contributed by atoms with Crippen LogP contribution in [0.25, 0.3) is 0 Å². The van der Waals surface area contributed by atoms with Crippen molar-refractivity contribution in [2.45, 2.75) is 51.6 Å². The summed E-state index contributed by atoms with van der Waals surface area (Å²) in [7, 11) is 6.51. The smallest absolute Gasteiger partial charge is 0.0249 e. The molecular weight excluding hydrogens is 210 g/mol. The Hall–Kier alpha value is -0.120. The number of rotatable bonds is 5. The monoisotopic (exact) mass is 241 g/mol. The second-order valence-corrected chi connectivity index (χ2v) is 6.78. The van der Waals surface area contributed by atoms with Gasteiger partial charge in [0.15, 0.2) is 0 Å². The Bertz CT molecular complexity index is 226. The first-order chi connectivity index (χ1) is 7.82. The molecule has 0 aromatic rings. The first-order valence-electron chi connectivity index (χ1n) is 6.92. The summed E-state index contributed by atoms with van der Waals surface area (Å²) in [6.45, 7) is 7.07. The Morgan fingerprint density at radius 2 is 1.82 bits per heavy atom. The first-order valence-corrected chi connectivity index (χ1v) is 6.92. The van der Waals surface area contributed by atoms with Crippen LogP contribution in [0.1, 0.15) is 39.5 Å². The Morgan fingerprint density at radius 3 is 2.41 bits per heavy atom. The number of nitrogens with zero attached hydrogens (tertiary/aromatic N) is 2. The fourth-order valence-electron chi connectivity index (χ4n) is 2.85. The van der Waals surface area contributed by atoms with E-state index in [2.05, 4.69) is 44.8 Å². The predicted molar refractivity (Wildman–Crippen MR) is 75.2 cm³/mol. The van der Waals surface area contributed by atoms with Crippen molar-refractivity contribution in [3.8, 4) is 0 Å². The molecule has 2 unspecified atom stereocenters. The molecule has 102 valence electrons. The molecule has 1 aliphatic rings. The number of hydrogen-bond acceptors (Lipinski definition) is 3. The molecule has 0 spiro atoms. The fourth-order valence-corrected chi connectivity index (χ4v) is 2.85. The van der Waals surface area contributed by atoms with Gasteiger partial charge in [0.2, 0.25) is 0 Å². The van der Waals surface area contributed by atoms with Crippen molar-refractivity contribution < 1.29 is 0 Å². The maximum atomic E-state index is 6.28. The van der Waals surface area contributed by atoms with Gasteiger partial charge >= 0.3 is 0 Å². The number of likely N-dealkylation sites (N-methyl/N-ethyl adjacent to an activating group) is 1. The van der Waals surface area contributed by atoms with Crippen molar-refractivity contribution in [2.75, 3.05) is 34.2 Å². The van der Waals surface area contributed by atoms with Crippen LogP contribution in [0.15, 0.2) is 0 Å². The lowest BCUT2D eigenvalue weighted by Gasteiger charge is -2.43.